The molecular formula is C21H15Br4ClN2O5. The van der Waals surface area contributed by atoms with E-state index in [0.717, 1.165) is 4.90 Å². The van der Waals surface area contributed by atoms with Crippen molar-refractivity contribution in [3.63, 3.8) is 0 Å². The fourth-order valence-corrected chi connectivity index (χ4v) is 5.91. The average Bonchev–Trinajstić information content (AvgIpc) is 3.01. The first-order valence-corrected chi connectivity index (χ1v) is 13.0. The van der Waals surface area contributed by atoms with Crippen molar-refractivity contribution in [1.82, 2.24) is 4.90 Å². The molecule has 3 rings (SSSR count). The lowest BCUT2D eigenvalue weighted by Gasteiger charge is -2.27. The van der Waals surface area contributed by atoms with E-state index in [2.05, 4.69) is 69.0 Å². The van der Waals surface area contributed by atoms with Crippen LogP contribution in [0.15, 0.2) is 42.2 Å². The molecule has 0 aromatic heterocycles. The first kappa shape index (κ1) is 26.3. The Morgan fingerprint density at radius 3 is 1.97 bits per heavy atom. The van der Waals surface area contributed by atoms with Gasteiger partial charge in [0.05, 0.1) is 21.8 Å². The minimum absolute atomic E-state index is 0.122. The first-order valence-electron chi connectivity index (χ1n) is 9.42. The number of imide groups is 1. The summed E-state index contributed by atoms with van der Waals surface area (Å²) in [4.78, 5) is 52.5. The fourth-order valence-electron chi connectivity index (χ4n) is 3.27. The number of carbonyl (C=O) groups is 4. The van der Waals surface area contributed by atoms with Crippen LogP contribution in [-0.2, 0) is 14.3 Å². The van der Waals surface area contributed by atoms with Crippen LogP contribution in [0, 0.1) is 5.92 Å². The molecule has 3 amide bonds. The molecule has 0 radical (unpaired) electrons. The van der Waals surface area contributed by atoms with Gasteiger partial charge in [0.25, 0.3) is 17.7 Å². The minimum atomic E-state index is -1.23. The van der Waals surface area contributed by atoms with Crippen molar-refractivity contribution in [3.8, 4) is 0 Å². The molecule has 0 aliphatic carbocycles. The molecule has 1 aliphatic heterocycles. The number of nitrogens with zero attached hydrogens (tertiary/aromatic N) is 1. The molecular weight excluding hydrogens is 715 g/mol. The van der Waals surface area contributed by atoms with Crippen LogP contribution in [0.1, 0.15) is 34.6 Å². The molecule has 12 heteroatoms. The lowest BCUT2D eigenvalue weighted by molar-refractivity contribution is -0.152. The second-order valence-corrected chi connectivity index (χ2v) is 10.9. The van der Waals surface area contributed by atoms with Gasteiger partial charge in [-0.2, -0.15) is 0 Å². The standard InChI is InChI=1S/C21H15Br4ClN2O5/c1-8(2)18(21(32)33-7-11(29)27-10-6-4-3-5-9(10)26)28-19(30)12-13(20(28)31)15(23)17(25)16(24)14(12)22/h3-6,8,18H,7H2,1-2H3,(H,27,29). The Morgan fingerprint density at radius 1 is 0.970 bits per heavy atom. The summed E-state index contributed by atoms with van der Waals surface area (Å²) in [5, 5.41) is 2.87. The molecule has 0 spiro atoms. The van der Waals surface area contributed by atoms with Crippen molar-refractivity contribution in [2.75, 3.05) is 11.9 Å². The second-order valence-electron chi connectivity index (χ2n) is 7.31. The molecule has 1 N–H and O–H groups in total. The number of hydrogen-bond acceptors (Lipinski definition) is 5. The number of ether oxygens (including phenoxy) is 1. The molecule has 0 fully saturated rings. The third kappa shape index (κ3) is 5.07. The van der Waals surface area contributed by atoms with Crippen molar-refractivity contribution in [2.24, 2.45) is 5.92 Å². The van der Waals surface area contributed by atoms with Crippen molar-refractivity contribution in [2.45, 2.75) is 19.9 Å². The van der Waals surface area contributed by atoms with E-state index in [1.54, 1.807) is 38.1 Å². The van der Waals surface area contributed by atoms with E-state index >= 15 is 0 Å². The molecule has 174 valence electrons. The van der Waals surface area contributed by atoms with E-state index in [-0.39, 0.29) is 11.1 Å². The fraction of sp³-hybridized carbons (Fsp3) is 0.238. The van der Waals surface area contributed by atoms with Gasteiger partial charge in [0.15, 0.2) is 6.61 Å². The van der Waals surface area contributed by atoms with Crippen LogP contribution >= 0.6 is 75.3 Å². The summed E-state index contributed by atoms with van der Waals surface area (Å²) < 4.78 is 7.01. The third-order valence-corrected chi connectivity index (χ3v) is 9.87. The summed E-state index contributed by atoms with van der Waals surface area (Å²) in [6, 6.07) is 5.37. The van der Waals surface area contributed by atoms with Gasteiger partial charge in [0.2, 0.25) is 0 Å². The molecule has 33 heavy (non-hydrogen) atoms. The van der Waals surface area contributed by atoms with Crippen molar-refractivity contribution in [1.29, 1.82) is 0 Å². The molecule has 1 heterocycles. The highest BCUT2D eigenvalue weighted by molar-refractivity contribution is 9.15. The Labute approximate surface area is 228 Å². The molecule has 0 saturated heterocycles. The van der Waals surface area contributed by atoms with Crippen LogP contribution < -0.4 is 5.32 Å². The number of benzene rings is 2. The molecule has 1 unspecified atom stereocenters. The van der Waals surface area contributed by atoms with Gasteiger partial charge in [-0.1, -0.05) is 37.6 Å². The number of hydrogen-bond donors (Lipinski definition) is 1. The molecule has 7 nitrogen and oxygen atoms in total. The van der Waals surface area contributed by atoms with Gasteiger partial charge >= 0.3 is 5.97 Å². The predicted octanol–water partition coefficient (Wildman–Crippen LogP) is 6.19. The smallest absolute Gasteiger partial charge is 0.330 e. The number of rotatable bonds is 6. The number of amides is 3. The van der Waals surface area contributed by atoms with Crippen molar-refractivity contribution in [3.05, 3.63) is 58.3 Å². The zero-order valence-corrected chi connectivity index (χ0v) is 24.1. The van der Waals surface area contributed by atoms with Crippen LogP contribution in [0.4, 0.5) is 5.69 Å². The molecule has 1 atom stereocenters. The van der Waals surface area contributed by atoms with E-state index in [1.165, 1.54) is 0 Å². The zero-order valence-electron chi connectivity index (χ0n) is 17.0. The maximum atomic E-state index is 13.2. The molecule has 0 bridgehead atoms. The van der Waals surface area contributed by atoms with E-state index in [0.29, 0.717) is 28.6 Å². The van der Waals surface area contributed by atoms with Crippen LogP contribution in [-0.4, -0.2) is 41.2 Å². The van der Waals surface area contributed by atoms with E-state index < -0.39 is 42.3 Å². The summed E-state index contributed by atoms with van der Waals surface area (Å²) in [5.74, 6) is -3.26. The van der Waals surface area contributed by atoms with Gasteiger partial charge in [-0.15, -0.1) is 0 Å². The van der Waals surface area contributed by atoms with Gasteiger partial charge in [-0.3, -0.25) is 19.3 Å². The number of fused-ring (bicyclic) bond motifs is 1. The summed E-state index contributed by atoms with van der Waals surface area (Å²) in [6.07, 6.45) is 0. The molecule has 1 aliphatic rings. The monoisotopic (exact) mass is 726 g/mol. The first-order chi connectivity index (χ1) is 15.5. The summed E-state index contributed by atoms with van der Waals surface area (Å²) >= 11 is 19.4. The third-order valence-electron chi connectivity index (χ3n) is 4.78. The Bertz CT molecular complexity index is 1140. The normalized spacial score (nSPS) is 13.9. The molecule has 0 saturated carbocycles. The van der Waals surface area contributed by atoms with E-state index in [4.69, 9.17) is 16.3 Å². The largest absolute Gasteiger partial charge is 0.454 e. The minimum Gasteiger partial charge on any atom is -0.454 e. The van der Waals surface area contributed by atoms with Gasteiger partial charge in [0, 0.05) is 17.9 Å². The highest BCUT2D eigenvalue weighted by atomic mass is 79.9. The summed E-state index contributed by atoms with van der Waals surface area (Å²) in [6.45, 7) is 2.74. The SMILES string of the molecule is CC(C)C(C(=O)OCC(=O)Nc1ccccc1Cl)N1C(=O)c2c(Br)c(Br)c(Br)c(Br)c2C1=O. The van der Waals surface area contributed by atoms with Crippen LogP contribution in [0.5, 0.6) is 0 Å². The zero-order chi connectivity index (χ0) is 24.6. The quantitative estimate of drug-likeness (QED) is 0.166. The molecule has 2 aromatic rings. The lowest BCUT2D eigenvalue weighted by atomic mass is 10.0. The number of carbonyl (C=O) groups excluding carboxylic acids is 4. The van der Waals surface area contributed by atoms with E-state index in [1.807, 2.05) is 0 Å². The van der Waals surface area contributed by atoms with Crippen LogP contribution in [0.25, 0.3) is 0 Å². The van der Waals surface area contributed by atoms with Gasteiger partial charge < -0.3 is 10.1 Å². The number of esters is 1. The Morgan fingerprint density at radius 2 is 1.48 bits per heavy atom. The highest BCUT2D eigenvalue weighted by Gasteiger charge is 2.47. The Hall–Kier alpha value is -1.27. The van der Waals surface area contributed by atoms with Gasteiger partial charge in [-0.25, -0.2) is 4.79 Å². The maximum Gasteiger partial charge on any atom is 0.330 e. The Balaban J connectivity index is 1.82. The second kappa shape index (κ2) is 10.6. The number of nitrogens with one attached hydrogen (secondary N) is 1. The topological polar surface area (TPSA) is 92.8 Å². The van der Waals surface area contributed by atoms with Gasteiger partial charge in [0.1, 0.15) is 6.04 Å². The number of anilines is 1. The maximum absolute atomic E-state index is 13.2. The average molecular weight is 730 g/mol. The predicted molar refractivity (Wildman–Crippen MR) is 137 cm³/mol. The lowest BCUT2D eigenvalue weighted by Crippen LogP contribution is -2.49. The summed E-state index contributed by atoms with van der Waals surface area (Å²) in [7, 11) is 0. The molecule has 2 aromatic carbocycles. The van der Waals surface area contributed by atoms with Crippen LogP contribution in [0.3, 0.4) is 0 Å². The highest BCUT2D eigenvalue weighted by Crippen LogP contribution is 2.46. The van der Waals surface area contributed by atoms with Crippen molar-refractivity contribution >= 4 is 105 Å². The van der Waals surface area contributed by atoms with Crippen LogP contribution in [0.2, 0.25) is 5.02 Å². The number of halogens is 5. The Kier molecular flexibility index (Phi) is 8.42. The van der Waals surface area contributed by atoms with Crippen molar-refractivity contribution < 1.29 is 23.9 Å². The van der Waals surface area contributed by atoms with Gasteiger partial charge in [-0.05, 0) is 81.8 Å². The van der Waals surface area contributed by atoms with E-state index in [9.17, 15) is 19.2 Å². The summed E-state index contributed by atoms with van der Waals surface area (Å²) in [5.41, 5.74) is 0.612. The number of para-hydroxylation sites is 1.